The minimum absolute atomic E-state index is 0.109. The van der Waals surface area contributed by atoms with E-state index in [4.69, 9.17) is 0 Å². The summed E-state index contributed by atoms with van der Waals surface area (Å²) in [5, 5.41) is 3.32. The van der Waals surface area contributed by atoms with Crippen LogP contribution < -0.4 is 5.32 Å². The van der Waals surface area contributed by atoms with Crippen LogP contribution in [0.4, 0.5) is 9.18 Å². The minimum atomic E-state index is -0.269. The molecule has 0 radical (unpaired) electrons. The summed E-state index contributed by atoms with van der Waals surface area (Å²) in [7, 11) is 0. The Balaban J connectivity index is 1.66. The average molecular weight is 356 g/mol. The van der Waals surface area contributed by atoms with Crippen molar-refractivity contribution >= 4 is 22.0 Å². The van der Waals surface area contributed by atoms with E-state index in [2.05, 4.69) is 21.2 Å². The largest absolute Gasteiger partial charge is 0.320 e. The third kappa shape index (κ3) is 3.21. The van der Waals surface area contributed by atoms with E-state index < -0.39 is 0 Å². The number of halogens is 2. The predicted octanol–water partition coefficient (Wildman–Crippen LogP) is 2.58. The number of carbonyl (C=O) groups excluding carboxylic acids is 1. The molecule has 21 heavy (non-hydrogen) atoms. The second-order valence-electron chi connectivity index (χ2n) is 5.61. The summed E-state index contributed by atoms with van der Waals surface area (Å²) >= 11 is 3.37. The summed E-state index contributed by atoms with van der Waals surface area (Å²) in [4.78, 5) is 16.4. The Morgan fingerprint density at radius 1 is 1.29 bits per heavy atom. The molecule has 114 valence electrons. The van der Waals surface area contributed by atoms with Crippen molar-refractivity contribution in [2.75, 3.05) is 26.2 Å². The number of amides is 2. The standard InChI is InChI=1S/C15H19BrFN3O/c16-14-9-12(17)2-1-11(14)10-19-7-8-20(15(19)21)13-3-5-18-6-4-13/h1-2,9,13,18H,3-8,10H2. The Labute approximate surface area is 132 Å². The number of nitrogens with zero attached hydrogens (tertiary/aromatic N) is 2. The van der Waals surface area contributed by atoms with Crippen LogP contribution in [0, 0.1) is 5.82 Å². The molecule has 0 spiro atoms. The van der Waals surface area contributed by atoms with Crippen LogP contribution in [0.3, 0.4) is 0 Å². The first-order valence-electron chi connectivity index (χ1n) is 7.35. The van der Waals surface area contributed by atoms with Crippen molar-refractivity contribution in [3.05, 3.63) is 34.1 Å². The van der Waals surface area contributed by atoms with Gasteiger partial charge >= 0.3 is 6.03 Å². The van der Waals surface area contributed by atoms with Crippen LogP contribution in [-0.4, -0.2) is 48.1 Å². The molecule has 2 fully saturated rings. The maximum Gasteiger partial charge on any atom is 0.320 e. The zero-order chi connectivity index (χ0) is 14.8. The first-order chi connectivity index (χ1) is 10.1. The lowest BCUT2D eigenvalue weighted by molar-refractivity contribution is 0.164. The van der Waals surface area contributed by atoms with Crippen LogP contribution in [0.2, 0.25) is 0 Å². The molecule has 1 N–H and O–H groups in total. The topological polar surface area (TPSA) is 35.6 Å². The molecular formula is C15H19BrFN3O. The van der Waals surface area contributed by atoms with Crippen molar-refractivity contribution in [2.45, 2.75) is 25.4 Å². The average Bonchev–Trinajstić information content (AvgIpc) is 2.84. The van der Waals surface area contributed by atoms with Crippen molar-refractivity contribution in [2.24, 2.45) is 0 Å². The molecular weight excluding hydrogens is 337 g/mol. The van der Waals surface area contributed by atoms with Crippen molar-refractivity contribution in [3.8, 4) is 0 Å². The third-order valence-corrected chi connectivity index (χ3v) is 4.99. The Bertz CT molecular complexity index is 534. The van der Waals surface area contributed by atoms with Gasteiger partial charge in [-0.05, 0) is 43.6 Å². The predicted molar refractivity (Wildman–Crippen MR) is 82.5 cm³/mol. The van der Waals surface area contributed by atoms with Crippen molar-refractivity contribution in [3.63, 3.8) is 0 Å². The second-order valence-corrected chi connectivity index (χ2v) is 6.47. The normalized spacial score (nSPS) is 20.4. The van der Waals surface area contributed by atoms with Gasteiger partial charge in [0, 0.05) is 30.1 Å². The van der Waals surface area contributed by atoms with Crippen LogP contribution in [0.1, 0.15) is 18.4 Å². The fourth-order valence-electron chi connectivity index (χ4n) is 3.06. The van der Waals surface area contributed by atoms with Gasteiger partial charge in [0.15, 0.2) is 0 Å². The summed E-state index contributed by atoms with van der Waals surface area (Å²) in [6.45, 7) is 4.03. The number of piperidine rings is 1. The molecule has 1 aromatic rings. The van der Waals surface area contributed by atoms with Crippen LogP contribution in [0.25, 0.3) is 0 Å². The van der Waals surface area contributed by atoms with Gasteiger partial charge in [0.25, 0.3) is 0 Å². The summed E-state index contributed by atoms with van der Waals surface area (Å²) in [5.74, 6) is -0.269. The van der Waals surface area contributed by atoms with Crippen molar-refractivity contribution in [1.29, 1.82) is 0 Å². The molecule has 0 atom stereocenters. The maximum atomic E-state index is 13.1. The molecule has 2 saturated heterocycles. The highest BCUT2D eigenvalue weighted by molar-refractivity contribution is 9.10. The number of benzene rings is 1. The molecule has 6 heteroatoms. The molecule has 0 bridgehead atoms. The summed E-state index contributed by atoms with van der Waals surface area (Å²) in [6, 6.07) is 5.09. The highest BCUT2D eigenvalue weighted by Gasteiger charge is 2.34. The lowest BCUT2D eigenvalue weighted by Gasteiger charge is -2.31. The highest BCUT2D eigenvalue weighted by atomic mass is 79.9. The molecule has 0 saturated carbocycles. The molecule has 0 aromatic heterocycles. The maximum absolute atomic E-state index is 13.1. The zero-order valence-corrected chi connectivity index (χ0v) is 13.4. The lowest BCUT2D eigenvalue weighted by Crippen LogP contribution is -2.45. The number of hydrogen-bond acceptors (Lipinski definition) is 2. The first kappa shape index (κ1) is 14.8. The van der Waals surface area contributed by atoms with Crippen LogP contribution >= 0.6 is 15.9 Å². The third-order valence-electron chi connectivity index (χ3n) is 4.25. The van der Waals surface area contributed by atoms with Gasteiger partial charge in [0.05, 0.1) is 0 Å². The van der Waals surface area contributed by atoms with E-state index in [0.717, 1.165) is 49.1 Å². The molecule has 2 heterocycles. The van der Waals surface area contributed by atoms with E-state index >= 15 is 0 Å². The molecule has 3 rings (SSSR count). The van der Waals surface area contributed by atoms with Gasteiger partial charge in [-0.1, -0.05) is 22.0 Å². The lowest BCUT2D eigenvalue weighted by atomic mass is 10.1. The molecule has 2 aliphatic rings. The summed E-state index contributed by atoms with van der Waals surface area (Å²) < 4.78 is 13.8. The Morgan fingerprint density at radius 3 is 2.76 bits per heavy atom. The second kappa shape index (κ2) is 6.32. The molecule has 0 unspecified atom stereocenters. The Kier molecular flexibility index (Phi) is 4.45. The SMILES string of the molecule is O=C1N(Cc2ccc(F)cc2Br)CCN1C1CCNCC1. The van der Waals surface area contributed by atoms with Gasteiger partial charge in [0.1, 0.15) is 5.82 Å². The number of rotatable bonds is 3. The van der Waals surface area contributed by atoms with Crippen molar-refractivity contribution < 1.29 is 9.18 Å². The fourth-order valence-corrected chi connectivity index (χ4v) is 3.54. The van der Waals surface area contributed by atoms with Crippen LogP contribution in [0.5, 0.6) is 0 Å². The highest BCUT2D eigenvalue weighted by Crippen LogP contribution is 2.24. The Hall–Kier alpha value is -1.14. The molecule has 2 amide bonds. The van der Waals surface area contributed by atoms with Crippen molar-refractivity contribution in [1.82, 2.24) is 15.1 Å². The van der Waals surface area contributed by atoms with E-state index in [9.17, 15) is 9.18 Å². The minimum Gasteiger partial charge on any atom is -0.320 e. The fraction of sp³-hybridized carbons (Fsp3) is 0.533. The van der Waals surface area contributed by atoms with Gasteiger partial charge in [-0.25, -0.2) is 9.18 Å². The van der Waals surface area contributed by atoms with Gasteiger partial charge in [-0.15, -0.1) is 0 Å². The van der Waals surface area contributed by atoms with Crippen LogP contribution in [-0.2, 0) is 6.54 Å². The van der Waals surface area contributed by atoms with Gasteiger partial charge in [0.2, 0.25) is 0 Å². The van der Waals surface area contributed by atoms with E-state index in [1.165, 1.54) is 12.1 Å². The summed E-state index contributed by atoms with van der Waals surface area (Å²) in [5.41, 5.74) is 0.942. The summed E-state index contributed by atoms with van der Waals surface area (Å²) in [6.07, 6.45) is 2.06. The quantitative estimate of drug-likeness (QED) is 0.904. The van der Waals surface area contributed by atoms with Gasteiger partial charge in [-0.3, -0.25) is 0 Å². The monoisotopic (exact) mass is 355 g/mol. The van der Waals surface area contributed by atoms with E-state index in [1.54, 1.807) is 6.07 Å². The molecule has 1 aromatic carbocycles. The smallest absolute Gasteiger partial charge is 0.320 e. The molecule has 2 aliphatic heterocycles. The number of urea groups is 1. The zero-order valence-electron chi connectivity index (χ0n) is 11.8. The van der Waals surface area contributed by atoms with E-state index in [1.807, 2.05) is 9.80 Å². The van der Waals surface area contributed by atoms with Crippen LogP contribution in [0.15, 0.2) is 22.7 Å². The first-order valence-corrected chi connectivity index (χ1v) is 8.14. The van der Waals surface area contributed by atoms with E-state index in [0.29, 0.717) is 12.6 Å². The van der Waals surface area contributed by atoms with Gasteiger partial charge in [-0.2, -0.15) is 0 Å². The number of nitrogens with one attached hydrogen (secondary N) is 1. The molecule has 4 nitrogen and oxygen atoms in total. The Morgan fingerprint density at radius 2 is 2.05 bits per heavy atom. The number of hydrogen-bond donors (Lipinski definition) is 1. The van der Waals surface area contributed by atoms with Gasteiger partial charge < -0.3 is 15.1 Å². The molecule has 0 aliphatic carbocycles. The van der Waals surface area contributed by atoms with E-state index in [-0.39, 0.29) is 11.8 Å². The number of carbonyl (C=O) groups is 1.